The highest BCUT2D eigenvalue weighted by atomic mass is 16.5. The van der Waals surface area contributed by atoms with Crippen molar-refractivity contribution in [1.29, 1.82) is 0 Å². The second-order valence-corrected chi connectivity index (χ2v) is 6.07. The van der Waals surface area contributed by atoms with E-state index in [9.17, 15) is 4.79 Å². The van der Waals surface area contributed by atoms with Gasteiger partial charge in [0.15, 0.2) is 5.96 Å². The van der Waals surface area contributed by atoms with E-state index in [1.807, 2.05) is 25.1 Å². The van der Waals surface area contributed by atoms with Crippen molar-refractivity contribution in [2.45, 2.75) is 19.4 Å². The van der Waals surface area contributed by atoms with E-state index in [2.05, 4.69) is 26.3 Å². The number of pyridine rings is 1. The minimum Gasteiger partial charge on any atom is -0.469 e. The maximum Gasteiger partial charge on any atom is 0.308 e. The first-order valence-electron chi connectivity index (χ1n) is 8.21. The molecule has 24 heavy (non-hydrogen) atoms. The number of ether oxygens (including phenoxy) is 1. The summed E-state index contributed by atoms with van der Waals surface area (Å²) in [4.78, 5) is 24.6. The quantitative estimate of drug-likeness (QED) is 0.506. The van der Waals surface area contributed by atoms with E-state index in [4.69, 9.17) is 4.74 Å². The van der Waals surface area contributed by atoms with Gasteiger partial charge in [-0.15, -0.1) is 0 Å². The molecule has 0 amide bonds. The van der Waals surface area contributed by atoms with Gasteiger partial charge in [-0.1, -0.05) is 6.07 Å². The highest BCUT2D eigenvalue weighted by Crippen LogP contribution is 2.19. The summed E-state index contributed by atoms with van der Waals surface area (Å²) < 4.78 is 4.84. The number of carbonyl (C=O) groups excluding carboxylic acids is 1. The summed E-state index contributed by atoms with van der Waals surface area (Å²) in [6.07, 6.45) is 3.39. The first-order valence-corrected chi connectivity index (χ1v) is 8.21. The largest absolute Gasteiger partial charge is 0.469 e. The average Bonchev–Trinajstić information content (AvgIpc) is 2.62. The maximum atomic E-state index is 11.6. The number of hydrogen-bond acceptors (Lipinski definition) is 5. The van der Waals surface area contributed by atoms with Gasteiger partial charge in [0.05, 0.1) is 13.0 Å². The Labute approximate surface area is 143 Å². The van der Waals surface area contributed by atoms with Crippen LogP contribution in [0.2, 0.25) is 0 Å². The lowest BCUT2D eigenvalue weighted by Gasteiger charge is -2.33. The standard InChI is InChI=1S/C17H27N5O2/c1-18-17(22-10-7-13(8-11-22)16(23)24-4)20-12-14-6-5-9-19-15(14)21(2)3/h5-6,9,13H,7-8,10-12H2,1-4H3,(H,18,20). The molecular weight excluding hydrogens is 306 g/mol. The van der Waals surface area contributed by atoms with E-state index in [1.165, 1.54) is 7.11 Å². The normalized spacial score (nSPS) is 16.0. The first-order chi connectivity index (χ1) is 11.6. The Balaban J connectivity index is 1.94. The molecule has 0 spiro atoms. The van der Waals surface area contributed by atoms with E-state index in [1.54, 1.807) is 13.2 Å². The fourth-order valence-corrected chi connectivity index (χ4v) is 2.97. The fourth-order valence-electron chi connectivity index (χ4n) is 2.97. The molecule has 1 aliphatic rings. The van der Waals surface area contributed by atoms with Crippen LogP contribution in [0, 0.1) is 5.92 Å². The molecule has 0 radical (unpaired) electrons. The molecule has 0 aliphatic carbocycles. The van der Waals surface area contributed by atoms with E-state index in [0.717, 1.165) is 43.3 Å². The van der Waals surface area contributed by atoms with Gasteiger partial charge in [-0.3, -0.25) is 9.79 Å². The van der Waals surface area contributed by atoms with Gasteiger partial charge in [0.2, 0.25) is 0 Å². The van der Waals surface area contributed by atoms with Gasteiger partial charge in [-0.25, -0.2) is 4.98 Å². The molecule has 1 N–H and O–H groups in total. The van der Waals surface area contributed by atoms with Crippen LogP contribution >= 0.6 is 0 Å². The zero-order chi connectivity index (χ0) is 17.5. The zero-order valence-corrected chi connectivity index (χ0v) is 15.0. The highest BCUT2D eigenvalue weighted by molar-refractivity contribution is 5.80. The predicted molar refractivity (Wildman–Crippen MR) is 95.1 cm³/mol. The van der Waals surface area contributed by atoms with Crippen molar-refractivity contribution in [2.75, 3.05) is 46.2 Å². The summed E-state index contributed by atoms with van der Waals surface area (Å²) in [7, 11) is 7.20. The van der Waals surface area contributed by atoms with Gasteiger partial charge in [0.1, 0.15) is 5.82 Å². The van der Waals surface area contributed by atoms with Crippen molar-refractivity contribution in [3.05, 3.63) is 23.9 Å². The highest BCUT2D eigenvalue weighted by Gasteiger charge is 2.26. The number of nitrogens with one attached hydrogen (secondary N) is 1. The predicted octanol–water partition coefficient (Wildman–Crippen LogP) is 1.11. The Bertz CT molecular complexity index is 580. The van der Waals surface area contributed by atoms with Crippen LogP contribution in [-0.2, 0) is 16.1 Å². The number of methoxy groups -OCH3 is 1. The zero-order valence-electron chi connectivity index (χ0n) is 15.0. The third kappa shape index (κ3) is 4.37. The molecule has 1 fully saturated rings. The summed E-state index contributed by atoms with van der Waals surface area (Å²) >= 11 is 0. The van der Waals surface area contributed by atoms with Crippen molar-refractivity contribution in [1.82, 2.24) is 15.2 Å². The molecule has 132 valence electrons. The topological polar surface area (TPSA) is 70.1 Å². The third-order valence-corrected chi connectivity index (χ3v) is 4.27. The lowest BCUT2D eigenvalue weighted by Crippen LogP contribution is -2.46. The summed E-state index contributed by atoms with van der Waals surface area (Å²) in [5.74, 6) is 1.70. The third-order valence-electron chi connectivity index (χ3n) is 4.27. The number of aromatic nitrogens is 1. The molecule has 0 aromatic carbocycles. The molecular formula is C17H27N5O2. The number of guanidine groups is 1. The van der Waals surface area contributed by atoms with Crippen LogP contribution in [-0.4, -0.2) is 63.2 Å². The van der Waals surface area contributed by atoms with Gasteiger partial charge >= 0.3 is 5.97 Å². The monoisotopic (exact) mass is 333 g/mol. The number of esters is 1. The fraction of sp³-hybridized carbons (Fsp3) is 0.588. The van der Waals surface area contributed by atoms with Crippen LogP contribution in [0.4, 0.5) is 5.82 Å². The van der Waals surface area contributed by atoms with Gasteiger partial charge < -0.3 is 19.9 Å². The second kappa shape index (κ2) is 8.52. The molecule has 7 nitrogen and oxygen atoms in total. The van der Waals surface area contributed by atoms with Crippen LogP contribution in [0.5, 0.6) is 0 Å². The molecule has 1 aromatic heterocycles. The maximum absolute atomic E-state index is 11.6. The van der Waals surface area contributed by atoms with Gasteiger partial charge in [0.25, 0.3) is 0 Å². The van der Waals surface area contributed by atoms with Crippen molar-refractivity contribution < 1.29 is 9.53 Å². The number of anilines is 1. The average molecular weight is 333 g/mol. The van der Waals surface area contributed by atoms with E-state index < -0.39 is 0 Å². The Hall–Kier alpha value is -2.31. The van der Waals surface area contributed by atoms with Crippen molar-refractivity contribution in [3.8, 4) is 0 Å². The summed E-state index contributed by atoms with van der Waals surface area (Å²) in [6, 6.07) is 4.00. The lowest BCUT2D eigenvalue weighted by atomic mass is 9.97. The van der Waals surface area contributed by atoms with Crippen molar-refractivity contribution in [3.63, 3.8) is 0 Å². The Morgan fingerprint density at radius 3 is 2.75 bits per heavy atom. The summed E-state index contributed by atoms with van der Waals surface area (Å²) in [5.41, 5.74) is 1.12. The number of hydrogen-bond donors (Lipinski definition) is 1. The number of aliphatic imine (C=N–C) groups is 1. The first kappa shape index (κ1) is 18.0. The molecule has 2 rings (SSSR count). The smallest absolute Gasteiger partial charge is 0.308 e. The summed E-state index contributed by atoms with van der Waals surface area (Å²) in [6.45, 7) is 2.25. The molecule has 1 aliphatic heterocycles. The number of carbonyl (C=O) groups is 1. The van der Waals surface area contributed by atoms with Crippen LogP contribution < -0.4 is 10.2 Å². The van der Waals surface area contributed by atoms with E-state index in [0.29, 0.717) is 6.54 Å². The molecule has 1 aromatic rings. The van der Waals surface area contributed by atoms with Crippen molar-refractivity contribution in [2.24, 2.45) is 10.9 Å². The summed E-state index contributed by atoms with van der Waals surface area (Å²) in [5, 5.41) is 3.40. The number of piperidine rings is 1. The van der Waals surface area contributed by atoms with Gasteiger partial charge in [-0.2, -0.15) is 0 Å². The lowest BCUT2D eigenvalue weighted by molar-refractivity contribution is -0.146. The molecule has 0 atom stereocenters. The van der Waals surface area contributed by atoms with Crippen molar-refractivity contribution >= 4 is 17.7 Å². The molecule has 0 unspecified atom stereocenters. The van der Waals surface area contributed by atoms with E-state index in [-0.39, 0.29) is 11.9 Å². The molecule has 0 saturated carbocycles. The Kier molecular flexibility index (Phi) is 6.40. The number of rotatable bonds is 4. The second-order valence-electron chi connectivity index (χ2n) is 6.07. The Morgan fingerprint density at radius 2 is 2.17 bits per heavy atom. The number of likely N-dealkylation sites (tertiary alicyclic amines) is 1. The van der Waals surface area contributed by atoms with Crippen LogP contribution in [0.25, 0.3) is 0 Å². The minimum atomic E-state index is -0.108. The van der Waals surface area contributed by atoms with E-state index >= 15 is 0 Å². The molecule has 0 bridgehead atoms. The minimum absolute atomic E-state index is 0.00280. The molecule has 2 heterocycles. The molecule has 7 heteroatoms. The SMILES string of the molecule is CN=C(NCc1cccnc1N(C)C)N1CCC(C(=O)OC)CC1. The molecule has 1 saturated heterocycles. The van der Waals surface area contributed by atoms with Crippen LogP contribution in [0.15, 0.2) is 23.3 Å². The van der Waals surface area contributed by atoms with Gasteiger partial charge in [-0.05, 0) is 18.9 Å². The Morgan fingerprint density at radius 1 is 1.46 bits per heavy atom. The van der Waals surface area contributed by atoms with Crippen LogP contribution in [0.3, 0.4) is 0 Å². The van der Waals surface area contributed by atoms with Gasteiger partial charge in [0, 0.05) is 52.5 Å². The number of nitrogens with zero attached hydrogens (tertiary/aromatic N) is 4. The van der Waals surface area contributed by atoms with Crippen LogP contribution in [0.1, 0.15) is 18.4 Å².